The van der Waals surface area contributed by atoms with Gasteiger partial charge in [-0.15, -0.1) is 0 Å². The highest BCUT2D eigenvalue weighted by Crippen LogP contribution is 2.38. The number of fused-ring (bicyclic) bond motifs is 5. The zero-order valence-corrected chi connectivity index (χ0v) is 13.8. The van der Waals surface area contributed by atoms with Gasteiger partial charge in [0.15, 0.2) is 6.29 Å². The van der Waals surface area contributed by atoms with Crippen LogP contribution < -0.4 is 0 Å². The number of aliphatic hydroxyl groups is 2. The van der Waals surface area contributed by atoms with Gasteiger partial charge in [0.1, 0.15) is 5.60 Å². The van der Waals surface area contributed by atoms with Crippen LogP contribution in [0.1, 0.15) is 24.5 Å². The largest absolute Gasteiger partial charge is 0.380 e. The molecule has 1 aliphatic heterocycles. The predicted molar refractivity (Wildman–Crippen MR) is 95.2 cm³/mol. The maximum Gasteiger partial charge on any atom is 0.188 e. The fraction of sp³-hybridized carbons (Fsp3) is 0.250. The number of ether oxygens (including phenoxy) is 1. The first kappa shape index (κ1) is 14.8. The molecule has 4 heterocycles. The highest BCUT2D eigenvalue weighted by atomic mass is 16.6. The first-order chi connectivity index (χ1) is 12.1. The molecule has 0 radical (unpaired) electrons. The molecule has 2 unspecified atom stereocenters. The minimum Gasteiger partial charge on any atom is -0.380 e. The number of benzene rings is 1. The summed E-state index contributed by atoms with van der Waals surface area (Å²) in [5.74, 6) is 0. The minimum atomic E-state index is -1.40. The van der Waals surface area contributed by atoms with Gasteiger partial charge in [-0.25, -0.2) is 4.98 Å². The summed E-state index contributed by atoms with van der Waals surface area (Å²) in [6.45, 7) is 2.12. The van der Waals surface area contributed by atoms with Crippen LogP contribution in [0.4, 0.5) is 0 Å². The van der Waals surface area contributed by atoms with Gasteiger partial charge >= 0.3 is 0 Å². The van der Waals surface area contributed by atoms with E-state index >= 15 is 0 Å². The van der Waals surface area contributed by atoms with Crippen molar-refractivity contribution >= 4 is 27.3 Å². The predicted octanol–water partition coefficient (Wildman–Crippen LogP) is 3.09. The van der Waals surface area contributed by atoms with Crippen molar-refractivity contribution in [3.63, 3.8) is 0 Å². The number of nitrogens with zero attached hydrogens (tertiary/aromatic N) is 2. The maximum atomic E-state index is 10.9. The molecule has 1 aromatic carbocycles. The van der Waals surface area contributed by atoms with Crippen LogP contribution in [0.25, 0.3) is 27.3 Å². The van der Waals surface area contributed by atoms with E-state index in [4.69, 9.17) is 9.72 Å². The van der Waals surface area contributed by atoms with E-state index in [-0.39, 0.29) is 6.61 Å². The third kappa shape index (κ3) is 1.97. The fourth-order valence-electron chi connectivity index (χ4n) is 3.82. The second-order valence-corrected chi connectivity index (χ2v) is 6.69. The van der Waals surface area contributed by atoms with Crippen molar-refractivity contribution < 1.29 is 14.9 Å². The number of aliphatic hydroxyl groups excluding tert-OH is 1. The Bertz CT molecular complexity index is 1130. The van der Waals surface area contributed by atoms with E-state index in [9.17, 15) is 10.2 Å². The zero-order valence-electron chi connectivity index (χ0n) is 13.8. The number of pyridine rings is 2. The molecule has 5 heteroatoms. The Balaban J connectivity index is 1.86. The van der Waals surface area contributed by atoms with Crippen LogP contribution in [0.2, 0.25) is 0 Å². The number of aromatic nitrogens is 2. The zero-order chi connectivity index (χ0) is 17.2. The van der Waals surface area contributed by atoms with E-state index < -0.39 is 11.9 Å². The maximum absolute atomic E-state index is 10.9. The second-order valence-electron chi connectivity index (χ2n) is 6.69. The highest BCUT2D eigenvalue weighted by molar-refractivity contribution is 6.01. The average molecular weight is 334 g/mol. The Morgan fingerprint density at radius 2 is 2.08 bits per heavy atom. The Hall–Kier alpha value is -2.47. The van der Waals surface area contributed by atoms with E-state index in [0.717, 1.165) is 38.4 Å². The van der Waals surface area contributed by atoms with Gasteiger partial charge in [0, 0.05) is 28.7 Å². The van der Waals surface area contributed by atoms with Gasteiger partial charge in [0.2, 0.25) is 0 Å². The molecule has 0 aliphatic carbocycles. The summed E-state index contributed by atoms with van der Waals surface area (Å²) in [7, 11) is 0. The van der Waals surface area contributed by atoms with E-state index in [1.54, 1.807) is 0 Å². The van der Waals surface area contributed by atoms with Gasteiger partial charge in [0.25, 0.3) is 0 Å². The fourth-order valence-corrected chi connectivity index (χ4v) is 3.82. The number of hydrogen-bond donors (Lipinski definition) is 2. The normalized spacial score (nSPS) is 23.4. The Kier molecular flexibility index (Phi) is 2.98. The minimum absolute atomic E-state index is 0.276. The lowest BCUT2D eigenvalue weighted by molar-refractivity contribution is -0.236. The van der Waals surface area contributed by atoms with Gasteiger partial charge in [-0.05, 0) is 30.2 Å². The Morgan fingerprint density at radius 1 is 1.24 bits per heavy atom. The lowest BCUT2D eigenvalue weighted by atomic mass is 9.86. The molecule has 5 rings (SSSR count). The molecule has 4 aromatic rings. The molecular formula is C20H18N2O3. The van der Waals surface area contributed by atoms with Crippen LogP contribution in [0, 0.1) is 0 Å². The molecule has 126 valence electrons. The summed E-state index contributed by atoms with van der Waals surface area (Å²) < 4.78 is 7.39. The molecule has 0 saturated heterocycles. The van der Waals surface area contributed by atoms with Crippen molar-refractivity contribution in [2.45, 2.75) is 31.8 Å². The molecule has 3 aromatic heterocycles. The molecule has 0 spiro atoms. The van der Waals surface area contributed by atoms with Crippen LogP contribution >= 0.6 is 0 Å². The first-order valence-electron chi connectivity index (χ1n) is 8.46. The van der Waals surface area contributed by atoms with Crippen molar-refractivity contribution in [3.05, 3.63) is 59.9 Å². The van der Waals surface area contributed by atoms with Crippen LogP contribution in [-0.2, 0) is 16.9 Å². The lowest BCUT2D eigenvalue weighted by Gasteiger charge is -2.37. The molecule has 0 bridgehead atoms. The van der Waals surface area contributed by atoms with Crippen molar-refractivity contribution in [1.82, 2.24) is 9.38 Å². The molecule has 5 nitrogen and oxygen atoms in total. The van der Waals surface area contributed by atoms with Gasteiger partial charge in [-0.3, -0.25) is 0 Å². The lowest BCUT2D eigenvalue weighted by Crippen LogP contribution is -2.44. The average Bonchev–Trinajstić information content (AvgIpc) is 2.98. The van der Waals surface area contributed by atoms with Crippen molar-refractivity contribution in [2.24, 2.45) is 0 Å². The van der Waals surface area contributed by atoms with E-state index in [2.05, 4.69) is 12.1 Å². The highest BCUT2D eigenvalue weighted by Gasteiger charge is 2.42. The Morgan fingerprint density at radius 3 is 2.92 bits per heavy atom. The summed E-state index contributed by atoms with van der Waals surface area (Å²) in [4.78, 5) is 4.81. The molecule has 0 amide bonds. The van der Waals surface area contributed by atoms with Gasteiger partial charge in [0.05, 0.1) is 23.2 Å². The van der Waals surface area contributed by atoms with Gasteiger partial charge in [-0.1, -0.05) is 25.1 Å². The van der Waals surface area contributed by atoms with E-state index in [1.807, 2.05) is 48.0 Å². The second kappa shape index (κ2) is 5.02. The van der Waals surface area contributed by atoms with Crippen LogP contribution in [-0.4, -0.2) is 25.9 Å². The van der Waals surface area contributed by atoms with Gasteiger partial charge in [-0.2, -0.15) is 0 Å². The third-order valence-electron chi connectivity index (χ3n) is 5.29. The molecule has 25 heavy (non-hydrogen) atoms. The van der Waals surface area contributed by atoms with Crippen molar-refractivity contribution in [3.8, 4) is 0 Å². The summed E-state index contributed by atoms with van der Waals surface area (Å²) in [6, 6.07) is 12.1. The smallest absolute Gasteiger partial charge is 0.188 e. The van der Waals surface area contributed by atoms with E-state index in [0.29, 0.717) is 6.42 Å². The van der Waals surface area contributed by atoms with Crippen LogP contribution in [0.5, 0.6) is 0 Å². The van der Waals surface area contributed by atoms with Crippen molar-refractivity contribution in [2.75, 3.05) is 0 Å². The van der Waals surface area contributed by atoms with Crippen molar-refractivity contribution in [1.29, 1.82) is 0 Å². The Labute approximate surface area is 144 Å². The molecule has 0 saturated carbocycles. The molecule has 1 aliphatic rings. The summed E-state index contributed by atoms with van der Waals surface area (Å²) >= 11 is 0. The first-order valence-corrected chi connectivity index (χ1v) is 8.46. The van der Waals surface area contributed by atoms with Gasteiger partial charge < -0.3 is 19.4 Å². The molecule has 0 fully saturated rings. The quantitative estimate of drug-likeness (QED) is 0.561. The summed E-state index contributed by atoms with van der Waals surface area (Å²) in [5.41, 5.74) is 2.95. The summed E-state index contributed by atoms with van der Waals surface area (Å²) in [5, 5.41) is 23.2. The number of rotatable bonds is 1. The standard InChI is InChI=1S/C20H18N2O3/c1-2-20(24)15-8-17-18-13(7-12-5-3-4-6-16(12)21-18)9-22(17)10-14(15)11-25-19(20)23/h3-10,19,23-24H,2,11H2,1H3. The van der Waals surface area contributed by atoms with Crippen LogP contribution in [0.3, 0.4) is 0 Å². The molecule has 2 N–H and O–H groups in total. The number of hydrogen-bond acceptors (Lipinski definition) is 4. The summed E-state index contributed by atoms with van der Waals surface area (Å²) in [6.07, 6.45) is 3.15. The van der Waals surface area contributed by atoms with Crippen LogP contribution in [0.15, 0.2) is 48.8 Å². The van der Waals surface area contributed by atoms with E-state index in [1.165, 1.54) is 0 Å². The molecule has 2 atom stereocenters. The SMILES string of the molecule is CCC1(O)c2cc3c4nc5ccccc5cc4cn3cc2COC1O. The monoisotopic (exact) mass is 334 g/mol. The molecular weight excluding hydrogens is 316 g/mol. The topological polar surface area (TPSA) is 67.0 Å². The third-order valence-corrected chi connectivity index (χ3v) is 5.29. The number of para-hydroxylation sites is 1.